The molecule has 0 unspecified atom stereocenters. The first-order valence-electron chi connectivity index (χ1n) is 5.78. The third kappa shape index (κ3) is 1.88. The summed E-state index contributed by atoms with van der Waals surface area (Å²) < 4.78 is 11.1. The second-order valence-corrected chi connectivity index (χ2v) is 4.51. The Morgan fingerprint density at radius 3 is 2.76 bits per heavy atom. The molecule has 1 aromatic carbocycles. The molecule has 1 N–H and O–H groups in total. The third-order valence-electron chi connectivity index (χ3n) is 3.35. The molecule has 2 bridgehead atoms. The lowest BCUT2D eigenvalue weighted by Gasteiger charge is -2.20. The van der Waals surface area contributed by atoms with E-state index in [2.05, 4.69) is 0 Å². The summed E-state index contributed by atoms with van der Waals surface area (Å²) in [6.45, 7) is 0.474. The number of aliphatic hydroxyl groups is 1. The van der Waals surface area contributed by atoms with Gasteiger partial charge < -0.3 is 14.6 Å². The molecular weight excluding hydrogens is 220 g/mol. The van der Waals surface area contributed by atoms with E-state index in [1.807, 2.05) is 30.3 Å². The van der Waals surface area contributed by atoms with E-state index in [1.54, 1.807) is 0 Å². The van der Waals surface area contributed by atoms with Gasteiger partial charge in [-0.15, -0.1) is 0 Å². The molecule has 1 aromatic rings. The summed E-state index contributed by atoms with van der Waals surface area (Å²) in [6.07, 6.45) is -1.50. The Balaban J connectivity index is 1.60. The number of aliphatic hydroxyl groups excluding tert-OH is 1. The minimum absolute atomic E-state index is 0.212. The van der Waals surface area contributed by atoms with Crippen LogP contribution in [0, 0.1) is 0 Å². The number of ketones is 1. The van der Waals surface area contributed by atoms with Crippen LogP contribution in [0.5, 0.6) is 0 Å². The number of ether oxygens (including phenoxy) is 2. The second kappa shape index (κ2) is 4.22. The lowest BCUT2D eigenvalue weighted by atomic mass is 9.94. The van der Waals surface area contributed by atoms with E-state index < -0.39 is 12.2 Å². The molecule has 0 amide bonds. The molecule has 3 rings (SSSR count). The number of hydrogen-bond acceptors (Lipinski definition) is 4. The average Bonchev–Trinajstić information content (AvgIpc) is 2.89. The van der Waals surface area contributed by atoms with Crippen molar-refractivity contribution in [1.29, 1.82) is 0 Å². The Morgan fingerprint density at radius 2 is 2.12 bits per heavy atom. The van der Waals surface area contributed by atoms with Gasteiger partial charge in [0.1, 0.15) is 12.2 Å². The molecule has 4 atom stereocenters. The highest BCUT2D eigenvalue weighted by Crippen LogP contribution is 2.34. The molecule has 2 fully saturated rings. The summed E-state index contributed by atoms with van der Waals surface area (Å²) in [6, 6.07) is 9.80. The van der Waals surface area contributed by atoms with E-state index in [0.717, 1.165) is 5.56 Å². The van der Waals surface area contributed by atoms with Crippen molar-refractivity contribution in [1.82, 2.24) is 0 Å². The highest BCUT2D eigenvalue weighted by molar-refractivity contribution is 5.91. The maximum atomic E-state index is 11.5. The summed E-state index contributed by atoms with van der Waals surface area (Å²) in [5, 5.41) is 9.46. The van der Waals surface area contributed by atoms with Crippen LogP contribution in [0.15, 0.2) is 30.3 Å². The second-order valence-electron chi connectivity index (χ2n) is 4.51. The molecule has 0 aliphatic carbocycles. The molecule has 0 saturated carbocycles. The smallest absolute Gasteiger partial charge is 0.195 e. The Labute approximate surface area is 99.2 Å². The van der Waals surface area contributed by atoms with Crippen LogP contribution in [-0.4, -0.2) is 35.3 Å². The van der Waals surface area contributed by atoms with Crippen molar-refractivity contribution in [3.63, 3.8) is 0 Å². The van der Waals surface area contributed by atoms with Crippen molar-refractivity contribution in [3.8, 4) is 0 Å². The molecule has 2 aliphatic heterocycles. The number of rotatable bonds is 3. The summed E-state index contributed by atoms with van der Waals surface area (Å²) >= 11 is 0. The summed E-state index contributed by atoms with van der Waals surface area (Å²) in [4.78, 5) is 11.5. The summed E-state index contributed by atoms with van der Waals surface area (Å²) in [5.41, 5.74) is 1.07. The minimum Gasteiger partial charge on any atom is -0.382 e. The van der Waals surface area contributed by atoms with Gasteiger partial charge in [0.15, 0.2) is 5.78 Å². The summed E-state index contributed by atoms with van der Waals surface area (Å²) in [5.74, 6) is -0.237. The zero-order valence-corrected chi connectivity index (χ0v) is 9.28. The number of carbonyl (C=O) groups is 1. The van der Waals surface area contributed by atoms with Gasteiger partial charge in [-0.25, -0.2) is 0 Å². The topological polar surface area (TPSA) is 55.8 Å². The largest absolute Gasteiger partial charge is 0.382 e. The molecule has 2 heterocycles. The van der Waals surface area contributed by atoms with Gasteiger partial charge in [-0.05, 0) is 5.56 Å². The van der Waals surface area contributed by atoms with Crippen LogP contribution in [0.2, 0.25) is 0 Å². The van der Waals surface area contributed by atoms with Gasteiger partial charge in [-0.3, -0.25) is 4.79 Å². The fourth-order valence-electron chi connectivity index (χ4n) is 2.42. The van der Waals surface area contributed by atoms with Crippen LogP contribution in [0.25, 0.3) is 0 Å². The average molecular weight is 234 g/mol. The number of benzene rings is 1. The maximum Gasteiger partial charge on any atom is 0.195 e. The van der Waals surface area contributed by atoms with Crippen molar-refractivity contribution in [2.24, 2.45) is 0 Å². The molecule has 2 aliphatic rings. The molecule has 90 valence electrons. The number of fused-ring (bicyclic) bond motifs is 2. The molecule has 0 aromatic heterocycles. The predicted molar refractivity (Wildman–Crippen MR) is 59.3 cm³/mol. The first-order chi connectivity index (χ1) is 8.25. The van der Waals surface area contributed by atoms with Gasteiger partial charge in [-0.2, -0.15) is 0 Å². The van der Waals surface area contributed by atoms with Gasteiger partial charge in [0.2, 0.25) is 0 Å². The van der Waals surface area contributed by atoms with Gasteiger partial charge in [0.25, 0.3) is 0 Å². The zero-order valence-electron chi connectivity index (χ0n) is 9.28. The van der Waals surface area contributed by atoms with Crippen molar-refractivity contribution >= 4 is 5.78 Å². The molecule has 0 radical (unpaired) electrons. The Hall–Kier alpha value is -1.23. The zero-order chi connectivity index (χ0) is 11.8. The maximum absolute atomic E-state index is 11.5. The SMILES string of the molecule is O=C1[C@@H](O)[C@@H]2C[C@H](OCc3ccccc3)[C@H]1O2. The lowest BCUT2D eigenvalue weighted by molar-refractivity contribution is -0.133. The Kier molecular flexibility index (Phi) is 2.70. The van der Waals surface area contributed by atoms with Crippen molar-refractivity contribution in [2.75, 3.05) is 0 Å². The van der Waals surface area contributed by atoms with Crippen LogP contribution < -0.4 is 0 Å². The van der Waals surface area contributed by atoms with Crippen molar-refractivity contribution < 1.29 is 19.4 Å². The minimum atomic E-state index is -0.948. The van der Waals surface area contributed by atoms with E-state index in [-0.39, 0.29) is 18.0 Å². The monoisotopic (exact) mass is 234 g/mol. The van der Waals surface area contributed by atoms with Crippen LogP contribution in [-0.2, 0) is 20.9 Å². The van der Waals surface area contributed by atoms with Gasteiger partial charge in [0, 0.05) is 6.42 Å². The highest BCUT2D eigenvalue weighted by Gasteiger charge is 2.53. The van der Waals surface area contributed by atoms with Crippen LogP contribution >= 0.6 is 0 Å². The normalized spacial score (nSPS) is 35.5. The van der Waals surface area contributed by atoms with E-state index in [0.29, 0.717) is 13.0 Å². The van der Waals surface area contributed by atoms with Gasteiger partial charge in [0.05, 0.1) is 18.8 Å². The molecule has 17 heavy (non-hydrogen) atoms. The Morgan fingerprint density at radius 1 is 1.35 bits per heavy atom. The van der Waals surface area contributed by atoms with Crippen LogP contribution in [0.4, 0.5) is 0 Å². The third-order valence-corrected chi connectivity index (χ3v) is 3.35. The standard InChI is InChI=1S/C13H14O4/c14-11-9-6-10(13(17-9)12(11)15)16-7-8-4-2-1-3-5-8/h1-5,9-11,13-14H,6-7H2/t9-,10-,11-,13+/m0/s1. The number of carbonyl (C=O) groups excluding carboxylic acids is 1. The van der Waals surface area contributed by atoms with E-state index in [1.165, 1.54) is 0 Å². The highest BCUT2D eigenvalue weighted by atomic mass is 16.6. The van der Waals surface area contributed by atoms with Crippen molar-refractivity contribution in [3.05, 3.63) is 35.9 Å². The quantitative estimate of drug-likeness (QED) is 0.835. The van der Waals surface area contributed by atoms with E-state index in [4.69, 9.17) is 9.47 Å². The van der Waals surface area contributed by atoms with Crippen molar-refractivity contribution in [2.45, 2.75) is 37.4 Å². The lowest BCUT2D eigenvalue weighted by Crippen LogP contribution is -2.41. The van der Waals surface area contributed by atoms with Gasteiger partial charge >= 0.3 is 0 Å². The number of Topliss-reactive ketones (excluding diaryl/α,β-unsaturated/α-hetero) is 1. The molecule has 4 nitrogen and oxygen atoms in total. The van der Waals surface area contributed by atoms with E-state index >= 15 is 0 Å². The number of hydrogen-bond donors (Lipinski definition) is 1. The predicted octanol–water partition coefficient (Wildman–Crippen LogP) is 0.673. The fourth-order valence-corrected chi connectivity index (χ4v) is 2.42. The van der Waals surface area contributed by atoms with Crippen LogP contribution in [0.3, 0.4) is 0 Å². The molecule has 2 saturated heterocycles. The fraction of sp³-hybridized carbons (Fsp3) is 0.462. The molecular formula is C13H14O4. The first-order valence-corrected chi connectivity index (χ1v) is 5.78. The van der Waals surface area contributed by atoms with E-state index in [9.17, 15) is 9.90 Å². The first kappa shape index (κ1) is 10.9. The summed E-state index contributed by atoms with van der Waals surface area (Å²) in [7, 11) is 0. The Bertz CT molecular complexity index is 417. The molecule has 0 spiro atoms. The van der Waals surface area contributed by atoms with Gasteiger partial charge in [-0.1, -0.05) is 30.3 Å². The molecule has 4 heteroatoms. The van der Waals surface area contributed by atoms with Crippen LogP contribution in [0.1, 0.15) is 12.0 Å².